The fourth-order valence-electron chi connectivity index (χ4n) is 3.69. The van der Waals surface area contributed by atoms with Crippen molar-refractivity contribution in [3.8, 4) is 5.69 Å². The summed E-state index contributed by atoms with van der Waals surface area (Å²) < 4.78 is 1.78. The molecule has 8 heteroatoms. The van der Waals surface area contributed by atoms with E-state index >= 15 is 0 Å². The fraction of sp³-hybridized carbons (Fsp3) is 0.261. The molecule has 1 aliphatic heterocycles. The molecule has 2 aromatic carbocycles. The number of halogens is 2. The van der Waals surface area contributed by atoms with Gasteiger partial charge in [0.2, 0.25) is 5.91 Å². The zero-order valence-electron chi connectivity index (χ0n) is 16.8. The molecule has 1 aliphatic rings. The highest BCUT2D eigenvalue weighted by molar-refractivity contribution is 6.42. The fourth-order valence-corrected chi connectivity index (χ4v) is 3.99. The largest absolute Gasteiger partial charge is 0.352 e. The van der Waals surface area contributed by atoms with Gasteiger partial charge in [-0.25, -0.2) is 4.68 Å². The number of piperidine rings is 1. The van der Waals surface area contributed by atoms with E-state index < -0.39 is 0 Å². The predicted molar refractivity (Wildman–Crippen MR) is 121 cm³/mol. The minimum absolute atomic E-state index is 0.0564. The summed E-state index contributed by atoms with van der Waals surface area (Å²) in [6.45, 7) is 1.39. The van der Waals surface area contributed by atoms with E-state index in [2.05, 4.69) is 10.4 Å². The Morgan fingerprint density at radius 1 is 1.10 bits per heavy atom. The Morgan fingerprint density at radius 2 is 1.90 bits per heavy atom. The summed E-state index contributed by atoms with van der Waals surface area (Å²) in [5, 5.41) is 8.08. The smallest absolute Gasteiger partial charge is 0.253 e. The number of hydrogen-bond donors (Lipinski definition) is 1. The summed E-state index contributed by atoms with van der Waals surface area (Å²) in [5.74, 6) is -0.441. The first-order valence-corrected chi connectivity index (χ1v) is 10.9. The van der Waals surface area contributed by atoms with Crippen LogP contribution in [0.5, 0.6) is 0 Å². The lowest BCUT2D eigenvalue weighted by atomic mass is 9.96. The predicted octanol–water partition coefficient (Wildman–Crippen LogP) is 4.35. The number of amides is 2. The van der Waals surface area contributed by atoms with Crippen molar-refractivity contribution in [2.75, 3.05) is 13.1 Å². The second-order valence-electron chi connectivity index (χ2n) is 7.57. The Kier molecular flexibility index (Phi) is 6.59. The monoisotopic (exact) mass is 456 g/mol. The second-order valence-corrected chi connectivity index (χ2v) is 8.38. The van der Waals surface area contributed by atoms with Crippen LogP contribution in [0.25, 0.3) is 5.69 Å². The van der Waals surface area contributed by atoms with Crippen LogP contribution in [0.15, 0.2) is 60.9 Å². The van der Waals surface area contributed by atoms with Crippen molar-refractivity contribution in [2.24, 2.45) is 5.92 Å². The van der Waals surface area contributed by atoms with Gasteiger partial charge in [-0.1, -0.05) is 41.4 Å². The Hall–Kier alpha value is -2.83. The summed E-state index contributed by atoms with van der Waals surface area (Å²) in [6.07, 6.45) is 5.17. The van der Waals surface area contributed by atoms with Crippen molar-refractivity contribution < 1.29 is 9.59 Å². The van der Waals surface area contributed by atoms with E-state index in [-0.39, 0.29) is 17.7 Å². The lowest BCUT2D eigenvalue weighted by Crippen LogP contribution is -2.45. The van der Waals surface area contributed by atoms with Crippen molar-refractivity contribution in [3.05, 3.63) is 82.1 Å². The zero-order chi connectivity index (χ0) is 21.8. The third-order valence-electron chi connectivity index (χ3n) is 5.37. The maximum atomic E-state index is 12.8. The first kappa shape index (κ1) is 21.4. The molecule has 0 aliphatic carbocycles. The number of nitrogens with one attached hydrogen (secondary N) is 1. The number of benzene rings is 2. The molecule has 4 rings (SSSR count). The number of carbonyl (C=O) groups excluding carboxylic acids is 2. The molecule has 2 amide bonds. The maximum Gasteiger partial charge on any atom is 0.253 e. The molecule has 1 N–H and O–H groups in total. The Balaban J connectivity index is 1.34. The molecule has 1 unspecified atom stereocenters. The summed E-state index contributed by atoms with van der Waals surface area (Å²) in [4.78, 5) is 27.3. The highest BCUT2D eigenvalue weighted by atomic mass is 35.5. The molecular formula is C23H22Cl2N4O2. The average molecular weight is 457 g/mol. The molecule has 1 aromatic heterocycles. The van der Waals surface area contributed by atoms with Gasteiger partial charge in [-0.15, -0.1) is 0 Å². The van der Waals surface area contributed by atoms with Crippen LogP contribution in [-0.4, -0.2) is 39.6 Å². The Morgan fingerprint density at radius 3 is 2.68 bits per heavy atom. The first-order valence-electron chi connectivity index (χ1n) is 10.1. The molecule has 6 nitrogen and oxygen atoms in total. The van der Waals surface area contributed by atoms with Crippen molar-refractivity contribution in [2.45, 2.75) is 19.4 Å². The molecule has 1 atom stereocenters. The quantitative estimate of drug-likeness (QED) is 0.620. The highest BCUT2D eigenvalue weighted by Crippen LogP contribution is 2.25. The molecule has 0 spiro atoms. The number of carbonyl (C=O) groups is 2. The van der Waals surface area contributed by atoms with Crippen molar-refractivity contribution in [1.82, 2.24) is 20.0 Å². The van der Waals surface area contributed by atoms with Crippen LogP contribution in [0.3, 0.4) is 0 Å². The molecule has 3 aromatic rings. The van der Waals surface area contributed by atoms with Gasteiger partial charge in [-0.3, -0.25) is 9.59 Å². The van der Waals surface area contributed by atoms with Crippen LogP contribution in [0.1, 0.15) is 28.8 Å². The van der Waals surface area contributed by atoms with Gasteiger partial charge >= 0.3 is 0 Å². The van der Waals surface area contributed by atoms with Gasteiger partial charge in [0.05, 0.1) is 27.8 Å². The number of rotatable bonds is 5. The zero-order valence-corrected chi connectivity index (χ0v) is 18.3. The number of para-hydroxylation sites is 1. The molecule has 0 bridgehead atoms. The summed E-state index contributed by atoms with van der Waals surface area (Å²) >= 11 is 12.0. The number of aromatic nitrogens is 2. The van der Waals surface area contributed by atoms with Crippen LogP contribution in [0, 0.1) is 5.92 Å². The molecule has 160 valence electrons. The van der Waals surface area contributed by atoms with E-state index in [1.165, 1.54) is 0 Å². The van der Waals surface area contributed by atoms with Crippen molar-refractivity contribution >= 4 is 35.0 Å². The SMILES string of the molecule is O=C(NCc1cnn(-c2ccccc2)c1)C1CCCN(C(=O)c2ccc(Cl)c(Cl)c2)C1. The van der Waals surface area contributed by atoms with Gasteiger partial charge in [0.15, 0.2) is 0 Å². The Labute approximate surface area is 190 Å². The van der Waals surface area contributed by atoms with Crippen LogP contribution < -0.4 is 5.32 Å². The molecule has 31 heavy (non-hydrogen) atoms. The van der Waals surface area contributed by atoms with Crippen LogP contribution in [-0.2, 0) is 11.3 Å². The first-order chi connectivity index (χ1) is 15.0. The van der Waals surface area contributed by atoms with Gasteiger partial charge in [0.1, 0.15) is 0 Å². The van der Waals surface area contributed by atoms with E-state index in [1.54, 1.807) is 34.0 Å². The number of nitrogens with zero attached hydrogens (tertiary/aromatic N) is 3. The summed E-state index contributed by atoms with van der Waals surface area (Å²) in [6, 6.07) is 14.6. The average Bonchev–Trinajstić information content (AvgIpc) is 3.28. The van der Waals surface area contributed by atoms with Gasteiger partial charge < -0.3 is 10.2 Å². The van der Waals surface area contributed by atoms with Gasteiger partial charge in [0, 0.05) is 37.0 Å². The molecule has 0 radical (unpaired) electrons. The van der Waals surface area contributed by atoms with Crippen LogP contribution in [0.2, 0.25) is 10.0 Å². The third kappa shape index (κ3) is 5.09. The van der Waals surface area contributed by atoms with Crippen LogP contribution >= 0.6 is 23.2 Å². The lowest BCUT2D eigenvalue weighted by molar-refractivity contribution is -0.126. The standard InChI is InChI=1S/C23H22Cl2N4O2/c24-20-9-8-17(11-21(20)25)23(31)28-10-4-5-18(15-28)22(30)26-12-16-13-27-29(14-16)19-6-2-1-3-7-19/h1-3,6-9,11,13-14,18H,4-5,10,12,15H2,(H,26,30). The van der Waals surface area contributed by atoms with E-state index in [0.29, 0.717) is 35.2 Å². The van der Waals surface area contributed by atoms with Crippen LogP contribution in [0.4, 0.5) is 0 Å². The number of likely N-dealkylation sites (tertiary alicyclic amines) is 1. The van der Waals surface area contributed by atoms with Crippen molar-refractivity contribution in [1.29, 1.82) is 0 Å². The second kappa shape index (κ2) is 9.54. The van der Waals surface area contributed by atoms with Crippen molar-refractivity contribution in [3.63, 3.8) is 0 Å². The molecular weight excluding hydrogens is 435 g/mol. The summed E-state index contributed by atoms with van der Waals surface area (Å²) in [7, 11) is 0. The molecule has 2 heterocycles. The van der Waals surface area contributed by atoms with E-state index in [1.807, 2.05) is 36.5 Å². The third-order valence-corrected chi connectivity index (χ3v) is 6.11. The molecule has 1 saturated heterocycles. The minimum Gasteiger partial charge on any atom is -0.352 e. The highest BCUT2D eigenvalue weighted by Gasteiger charge is 2.29. The summed E-state index contributed by atoms with van der Waals surface area (Å²) in [5.41, 5.74) is 2.35. The van der Waals surface area contributed by atoms with Gasteiger partial charge in [-0.05, 0) is 43.2 Å². The van der Waals surface area contributed by atoms with E-state index in [4.69, 9.17) is 23.2 Å². The normalized spacial score (nSPS) is 16.2. The topological polar surface area (TPSA) is 67.2 Å². The van der Waals surface area contributed by atoms with E-state index in [0.717, 1.165) is 24.1 Å². The Bertz CT molecular complexity index is 1080. The molecule has 1 fully saturated rings. The van der Waals surface area contributed by atoms with E-state index in [9.17, 15) is 9.59 Å². The maximum absolute atomic E-state index is 12.8. The van der Waals surface area contributed by atoms with Gasteiger partial charge in [0.25, 0.3) is 5.91 Å². The minimum atomic E-state index is -0.246. The van der Waals surface area contributed by atoms with Gasteiger partial charge in [-0.2, -0.15) is 5.10 Å². The molecule has 0 saturated carbocycles. The lowest BCUT2D eigenvalue weighted by Gasteiger charge is -2.32. The number of hydrogen-bond acceptors (Lipinski definition) is 3.